The standard InChI is InChI=1S/C15H27N3/c1-12-6-5-7-14(12)10-16-8-13-9-17-18(11-13)15(2,3)4/h9,11-12,14,16H,5-8,10H2,1-4H3. The lowest BCUT2D eigenvalue weighted by Crippen LogP contribution is -2.24. The summed E-state index contributed by atoms with van der Waals surface area (Å²) in [6.45, 7) is 11.0. The Balaban J connectivity index is 1.78. The number of aromatic nitrogens is 2. The van der Waals surface area contributed by atoms with E-state index in [1.165, 1.54) is 24.8 Å². The van der Waals surface area contributed by atoms with E-state index in [1.54, 1.807) is 0 Å². The molecule has 1 saturated carbocycles. The minimum Gasteiger partial charge on any atom is -0.312 e. The van der Waals surface area contributed by atoms with Crippen LogP contribution in [0.25, 0.3) is 0 Å². The van der Waals surface area contributed by atoms with Gasteiger partial charge in [0.05, 0.1) is 11.7 Å². The van der Waals surface area contributed by atoms with Gasteiger partial charge in [-0.3, -0.25) is 4.68 Å². The minimum absolute atomic E-state index is 0.0816. The second kappa shape index (κ2) is 5.43. The van der Waals surface area contributed by atoms with Crippen molar-refractivity contribution in [1.82, 2.24) is 15.1 Å². The predicted octanol–water partition coefficient (Wildman–Crippen LogP) is 3.16. The van der Waals surface area contributed by atoms with Crippen molar-refractivity contribution < 1.29 is 0 Å². The van der Waals surface area contributed by atoms with E-state index in [0.717, 1.165) is 24.9 Å². The lowest BCUT2D eigenvalue weighted by atomic mass is 9.98. The Kier molecular flexibility index (Phi) is 4.10. The first-order valence-electron chi connectivity index (χ1n) is 7.21. The fraction of sp³-hybridized carbons (Fsp3) is 0.800. The van der Waals surface area contributed by atoms with Gasteiger partial charge in [0.15, 0.2) is 0 Å². The molecular weight excluding hydrogens is 222 g/mol. The van der Waals surface area contributed by atoms with Gasteiger partial charge in [-0.1, -0.05) is 19.8 Å². The molecule has 0 amide bonds. The molecule has 2 rings (SSSR count). The predicted molar refractivity (Wildman–Crippen MR) is 75.4 cm³/mol. The molecule has 3 heteroatoms. The van der Waals surface area contributed by atoms with Crippen molar-refractivity contribution in [2.24, 2.45) is 11.8 Å². The van der Waals surface area contributed by atoms with Crippen LogP contribution in [-0.4, -0.2) is 16.3 Å². The molecule has 2 unspecified atom stereocenters. The maximum Gasteiger partial charge on any atom is 0.0543 e. The molecule has 18 heavy (non-hydrogen) atoms. The van der Waals surface area contributed by atoms with Crippen molar-refractivity contribution in [1.29, 1.82) is 0 Å². The van der Waals surface area contributed by atoms with Gasteiger partial charge in [-0.05, 0) is 45.6 Å². The van der Waals surface area contributed by atoms with E-state index in [1.807, 2.05) is 10.9 Å². The molecule has 0 bridgehead atoms. The van der Waals surface area contributed by atoms with Crippen LogP contribution in [0.4, 0.5) is 0 Å². The zero-order valence-electron chi connectivity index (χ0n) is 12.2. The van der Waals surface area contributed by atoms with E-state index in [4.69, 9.17) is 0 Å². The van der Waals surface area contributed by atoms with Gasteiger partial charge in [0.25, 0.3) is 0 Å². The van der Waals surface area contributed by atoms with E-state index in [9.17, 15) is 0 Å². The lowest BCUT2D eigenvalue weighted by molar-refractivity contribution is 0.355. The highest BCUT2D eigenvalue weighted by Gasteiger charge is 2.22. The van der Waals surface area contributed by atoms with E-state index >= 15 is 0 Å². The molecule has 1 aliphatic rings. The summed E-state index contributed by atoms with van der Waals surface area (Å²) < 4.78 is 2.04. The van der Waals surface area contributed by atoms with Gasteiger partial charge in [0.1, 0.15) is 0 Å². The molecule has 1 fully saturated rings. The molecule has 0 aromatic carbocycles. The summed E-state index contributed by atoms with van der Waals surface area (Å²) in [4.78, 5) is 0. The van der Waals surface area contributed by atoms with Crippen LogP contribution in [0.1, 0.15) is 52.5 Å². The highest BCUT2D eigenvalue weighted by Crippen LogP contribution is 2.30. The molecule has 0 saturated heterocycles. The van der Waals surface area contributed by atoms with Crippen molar-refractivity contribution >= 4 is 0 Å². The van der Waals surface area contributed by atoms with Crippen LogP contribution in [0.15, 0.2) is 12.4 Å². The Hall–Kier alpha value is -0.830. The molecule has 1 heterocycles. The Morgan fingerprint density at radius 2 is 2.17 bits per heavy atom. The largest absolute Gasteiger partial charge is 0.312 e. The Morgan fingerprint density at radius 3 is 2.72 bits per heavy atom. The van der Waals surface area contributed by atoms with Crippen molar-refractivity contribution in [2.75, 3.05) is 6.54 Å². The monoisotopic (exact) mass is 249 g/mol. The van der Waals surface area contributed by atoms with Crippen LogP contribution in [0.3, 0.4) is 0 Å². The first kappa shape index (κ1) is 13.6. The average molecular weight is 249 g/mol. The second-order valence-electron chi connectivity index (χ2n) is 6.76. The SMILES string of the molecule is CC1CCCC1CNCc1cnn(C(C)(C)C)c1. The fourth-order valence-electron chi connectivity index (χ4n) is 2.75. The maximum atomic E-state index is 4.43. The van der Waals surface area contributed by atoms with Crippen LogP contribution in [-0.2, 0) is 12.1 Å². The number of hydrogen-bond acceptors (Lipinski definition) is 2. The van der Waals surface area contributed by atoms with Crippen LogP contribution >= 0.6 is 0 Å². The first-order valence-corrected chi connectivity index (χ1v) is 7.21. The van der Waals surface area contributed by atoms with Gasteiger partial charge in [-0.15, -0.1) is 0 Å². The van der Waals surface area contributed by atoms with Crippen molar-refractivity contribution in [3.63, 3.8) is 0 Å². The minimum atomic E-state index is 0.0816. The molecule has 2 atom stereocenters. The molecule has 102 valence electrons. The Morgan fingerprint density at radius 1 is 1.39 bits per heavy atom. The molecule has 1 aromatic heterocycles. The molecule has 1 N–H and O–H groups in total. The zero-order chi connectivity index (χ0) is 13.2. The Labute approximate surface area is 111 Å². The summed E-state index contributed by atoms with van der Waals surface area (Å²) >= 11 is 0. The van der Waals surface area contributed by atoms with Crippen LogP contribution in [0.2, 0.25) is 0 Å². The molecule has 1 aliphatic carbocycles. The van der Waals surface area contributed by atoms with Gasteiger partial charge in [-0.2, -0.15) is 5.10 Å². The first-order chi connectivity index (χ1) is 8.47. The summed E-state index contributed by atoms with van der Waals surface area (Å²) in [5.41, 5.74) is 1.37. The smallest absolute Gasteiger partial charge is 0.0543 e. The normalized spacial score (nSPS) is 24.7. The summed E-state index contributed by atoms with van der Waals surface area (Å²) in [6, 6.07) is 0. The summed E-state index contributed by atoms with van der Waals surface area (Å²) in [5, 5.41) is 8.01. The summed E-state index contributed by atoms with van der Waals surface area (Å²) in [7, 11) is 0. The van der Waals surface area contributed by atoms with Gasteiger partial charge < -0.3 is 5.32 Å². The maximum absolute atomic E-state index is 4.43. The molecule has 3 nitrogen and oxygen atoms in total. The van der Waals surface area contributed by atoms with E-state index in [-0.39, 0.29) is 5.54 Å². The van der Waals surface area contributed by atoms with Gasteiger partial charge in [0.2, 0.25) is 0 Å². The van der Waals surface area contributed by atoms with Crippen molar-refractivity contribution in [2.45, 2.75) is 59.0 Å². The van der Waals surface area contributed by atoms with Crippen LogP contribution in [0.5, 0.6) is 0 Å². The molecule has 1 aromatic rings. The lowest BCUT2D eigenvalue weighted by Gasteiger charge is -2.18. The van der Waals surface area contributed by atoms with E-state index in [2.05, 4.69) is 44.3 Å². The van der Waals surface area contributed by atoms with Crippen LogP contribution in [0, 0.1) is 11.8 Å². The highest BCUT2D eigenvalue weighted by atomic mass is 15.3. The topological polar surface area (TPSA) is 29.9 Å². The molecule has 0 radical (unpaired) electrons. The highest BCUT2D eigenvalue weighted by molar-refractivity contribution is 5.04. The van der Waals surface area contributed by atoms with E-state index in [0.29, 0.717) is 0 Å². The molecular formula is C15H27N3. The molecule has 0 aliphatic heterocycles. The number of nitrogens with zero attached hydrogens (tertiary/aromatic N) is 2. The third-order valence-electron chi connectivity index (χ3n) is 4.10. The molecule has 0 spiro atoms. The van der Waals surface area contributed by atoms with Gasteiger partial charge in [0, 0.05) is 18.3 Å². The third kappa shape index (κ3) is 3.35. The summed E-state index contributed by atoms with van der Waals surface area (Å²) in [5.74, 6) is 1.78. The quantitative estimate of drug-likeness (QED) is 0.888. The van der Waals surface area contributed by atoms with Crippen molar-refractivity contribution in [3.05, 3.63) is 18.0 Å². The summed E-state index contributed by atoms with van der Waals surface area (Å²) in [6.07, 6.45) is 8.36. The number of nitrogens with one attached hydrogen (secondary N) is 1. The second-order valence-corrected chi connectivity index (χ2v) is 6.76. The van der Waals surface area contributed by atoms with Crippen LogP contribution < -0.4 is 5.32 Å². The fourth-order valence-corrected chi connectivity index (χ4v) is 2.75. The third-order valence-corrected chi connectivity index (χ3v) is 4.10. The van der Waals surface area contributed by atoms with Crippen molar-refractivity contribution in [3.8, 4) is 0 Å². The number of hydrogen-bond donors (Lipinski definition) is 1. The van der Waals surface area contributed by atoms with E-state index < -0.39 is 0 Å². The number of rotatable bonds is 4. The van der Waals surface area contributed by atoms with Gasteiger partial charge >= 0.3 is 0 Å². The van der Waals surface area contributed by atoms with Gasteiger partial charge in [-0.25, -0.2) is 0 Å². The average Bonchev–Trinajstić information content (AvgIpc) is 2.88. The zero-order valence-corrected chi connectivity index (χ0v) is 12.2. The Bertz CT molecular complexity index is 375.